The third-order valence-corrected chi connectivity index (χ3v) is 2.66. The zero-order valence-corrected chi connectivity index (χ0v) is 10.6. The molecular weight excluding hydrogens is 260 g/mol. The van der Waals surface area contributed by atoms with Crippen molar-refractivity contribution in [3.05, 3.63) is 53.3 Å². The summed E-state index contributed by atoms with van der Waals surface area (Å²) in [6.07, 6.45) is 1.41. The number of hydrogen-bond donors (Lipinski definition) is 3. The molecular formula is C14H12N2O4. The van der Waals surface area contributed by atoms with Gasteiger partial charge in [0.25, 0.3) is 5.91 Å². The second-order valence-corrected chi connectivity index (χ2v) is 4.18. The Kier molecular flexibility index (Phi) is 3.65. The fraction of sp³-hybridized carbons (Fsp3) is 0.0714. The van der Waals surface area contributed by atoms with E-state index in [1.807, 2.05) is 0 Å². The molecule has 3 N–H and O–H groups in total. The lowest BCUT2D eigenvalue weighted by Gasteiger charge is -2.08. The van der Waals surface area contributed by atoms with Crippen LogP contribution in [0.5, 0.6) is 5.75 Å². The molecule has 0 radical (unpaired) electrons. The van der Waals surface area contributed by atoms with Crippen molar-refractivity contribution in [1.29, 1.82) is 0 Å². The van der Waals surface area contributed by atoms with E-state index in [9.17, 15) is 14.7 Å². The number of aromatic carboxylic acids is 1. The van der Waals surface area contributed by atoms with E-state index >= 15 is 0 Å². The normalized spacial score (nSPS) is 10.1. The molecule has 1 aromatic heterocycles. The molecule has 102 valence electrons. The highest BCUT2D eigenvalue weighted by molar-refractivity contribution is 6.07. The number of amides is 1. The van der Waals surface area contributed by atoms with E-state index in [-0.39, 0.29) is 17.0 Å². The number of aryl methyl sites for hydroxylation is 1. The maximum absolute atomic E-state index is 12.0. The second-order valence-electron chi connectivity index (χ2n) is 4.18. The molecule has 1 heterocycles. The summed E-state index contributed by atoms with van der Waals surface area (Å²) in [5.41, 5.74) is 1.02. The number of benzene rings is 1. The van der Waals surface area contributed by atoms with Crippen molar-refractivity contribution in [2.24, 2.45) is 0 Å². The third-order valence-electron chi connectivity index (χ3n) is 2.66. The molecule has 6 nitrogen and oxygen atoms in total. The topological polar surface area (TPSA) is 99.5 Å². The number of phenols is 1. The van der Waals surface area contributed by atoms with Gasteiger partial charge in [-0.15, -0.1) is 0 Å². The number of carboxylic acid groups (broad SMARTS) is 1. The molecule has 0 saturated carbocycles. The van der Waals surface area contributed by atoms with Gasteiger partial charge < -0.3 is 15.5 Å². The van der Waals surface area contributed by atoms with Crippen LogP contribution in [-0.2, 0) is 0 Å². The standard InChI is InChI=1S/C14H12N2O4/c1-8-2-3-9(7-15-8)13(18)16-12-5-4-10(17)6-11(12)14(19)20/h2-7,17H,1H3,(H,16,18)(H,19,20). The maximum Gasteiger partial charge on any atom is 0.337 e. The largest absolute Gasteiger partial charge is 0.508 e. The molecule has 0 aliphatic heterocycles. The van der Waals surface area contributed by atoms with E-state index in [1.165, 1.54) is 18.3 Å². The SMILES string of the molecule is Cc1ccc(C(=O)Nc2ccc(O)cc2C(=O)O)cn1. The number of nitrogens with one attached hydrogen (secondary N) is 1. The number of pyridine rings is 1. The Labute approximate surface area is 114 Å². The van der Waals surface area contributed by atoms with Gasteiger partial charge in [-0.2, -0.15) is 0 Å². The Morgan fingerprint density at radius 1 is 1.20 bits per heavy atom. The van der Waals surface area contributed by atoms with Crippen molar-refractivity contribution in [2.75, 3.05) is 5.32 Å². The molecule has 0 atom stereocenters. The Balaban J connectivity index is 2.28. The highest BCUT2D eigenvalue weighted by Gasteiger charge is 2.14. The number of phenolic OH excluding ortho intramolecular Hbond substituents is 1. The van der Waals surface area contributed by atoms with Gasteiger partial charge in [0.15, 0.2) is 0 Å². The van der Waals surface area contributed by atoms with E-state index in [2.05, 4.69) is 10.3 Å². The van der Waals surface area contributed by atoms with Crippen LogP contribution in [0.4, 0.5) is 5.69 Å². The number of carboxylic acids is 1. The van der Waals surface area contributed by atoms with E-state index in [1.54, 1.807) is 19.1 Å². The monoisotopic (exact) mass is 272 g/mol. The predicted octanol–water partition coefficient (Wildman–Crippen LogP) is 2.05. The number of nitrogens with zero attached hydrogens (tertiary/aromatic N) is 1. The van der Waals surface area contributed by atoms with Gasteiger partial charge in [-0.3, -0.25) is 9.78 Å². The van der Waals surface area contributed by atoms with Gasteiger partial charge in [0.05, 0.1) is 16.8 Å². The summed E-state index contributed by atoms with van der Waals surface area (Å²) < 4.78 is 0. The fourth-order valence-corrected chi connectivity index (χ4v) is 1.61. The zero-order chi connectivity index (χ0) is 14.7. The average Bonchev–Trinajstić information content (AvgIpc) is 2.41. The van der Waals surface area contributed by atoms with E-state index in [0.29, 0.717) is 5.56 Å². The smallest absolute Gasteiger partial charge is 0.337 e. The summed E-state index contributed by atoms with van der Waals surface area (Å²) >= 11 is 0. The van der Waals surface area contributed by atoms with Crippen molar-refractivity contribution in [1.82, 2.24) is 4.98 Å². The van der Waals surface area contributed by atoms with Crippen LogP contribution in [0.3, 0.4) is 0 Å². The minimum atomic E-state index is -1.24. The molecule has 2 rings (SSSR count). The third kappa shape index (κ3) is 2.92. The molecule has 0 fully saturated rings. The number of rotatable bonds is 3. The molecule has 2 aromatic rings. The summed E-state index contributed by atoms with van der Waals surface area (Å²) in [5.74, 6) is -1.89. The molecule has 20 heavy (non-hydrogen) atoms. The van der Waals surface area contributed by atoms with Gasteiger partial charge >= 0.3 is 5.97 Å². The van der Waals surface area contributed by atoms with Crippen LogP contribution in [-0.4, -0.2) is 27.1 Å². The lowest BCUT2D eigenvalue weighted by molar-refractivity contribution is 0.0697. The van der Waals surface area contributed by atoms with Crippen molar-refractivity contribution in [3.8, 4) is 5.75 Å². The number of aromatic nitrogens is 1. The second kappa shape index (κ2) is 5.40. The van der Waals surface area contributed by atoms with E-state index in [4.69, 9.17) is 5.11 Å². The molecule has 0 bridgehead atoms. The van der Waals surface area contributed by atoms with Crippen LogP contribution in [0.2, 0.25) is 0 Å². The summed E-state index contributed by atoms with van der Waals surface area (Å²) in [6, 6.07) is 6.99. The van der Waals surface area contributed by atoms with Crippen molar-refractivity contribution < 1.29 is 19.8 Å². The lowest BCUT2D eigenvalue weighted by atomic mass is 10.1. The Hall–Kier alpha value is -2.89. The van der Waals surface area contributed by atoms with Gasteiger partial charge in [-0.25, -0.2) is 4.79 Å². The predicted molar refractivity (Wildman–Crippen MR) is 72.0 cm³/mol. The van der Waals surface area contributed by atoms with Crippen LogP contribution in [0, 0.1) is 6.92 Å². The number of hydrogen-bond acceptors (Lipinski definition) is 4. The quantitative estimate of drug-likeness (QED) is 0.742. The van der Waals surface area contributed by atoms with Crippen LogP contribution < -0.4 is 5.32 Å². The maximum atomic E-state index is 12.0. The van der Waals surface area contributed by atoms with Gasteiger partial charge in [0.1, 0.15) is 5.75 Å². The molecule has 0 aliphatic rings. The highest BCUT2D eigenvalue weighted by Crippen LogP contribution is 2.21. The van der Waals surface area contributed by atoms with Crippen LogP contribution >= 0.6 is 0 Å². The first-order chi connectivity index (χ1) is 9.47. The van der Waals surface area contributed by atoms with Gasteiger partial charge in [0.2, 0.25) is 0 Å². The molecule has 1 amide bonds. The Bertz CT molecular complexity index is 665. The highest BCUT2D eigenvalue weighted by atomic mass is 16.4. The van der Waals surface area contributed by atoms with E-state index in [0.717, 1.165) is 11.8 Å². The number of carbonyl (C=O) groups is 2. The van der Waals surface area contributed by atoms with Crippen molar-refractivity contribution >= 4 is 17.6 Å². The van der Waals surface area contributed by atoms with Crippen LogP contribution in [0.25, 0.3) is 0 Å². The van der Waals surface area contributed by atoms with Gasteiger partial charge in [0, 0.05) is 11.9 Å². The van der Waals surface area contributed by atoms with Crippen molar-refractivity contribution in [3.63, 3.8) is 0 Å². The van der Waals surface area contributed by atoms with Crippen LogP contribution in [0.15, 0.2) is 36.5 Å². The van der Waals surface area contributed by atoms with Gasteiger partial charge in [-0.1, -0.05) is 0 Å². The fourth-order valence-electron chi connectivity index (χ4n) is 1.61. The lowest BCUT2D eigenvalue weighted by Crippen LogP contribution is -2.15. The number of anilines is 1. The summed E-state index contributed by atoms with van der Waals surface area (Å²) in [4.78, 5) is 27.0. The summed E-state index contributed by atoms with van der Waals surface area (Å²) in [7, 11) is 0. The Morgan fingerprint density at radius 2 is 1.95 bits per heavy atom. The number of aromatic hydroxyl groups is 1. The molecule has 0 spiro atoms. The molecule has 0 aliphatic carbocycles. The molecule has 0 saturated heterocycles. The first-order valence-corrected chi connectivity index (χ1v) is 5.77. The molecule has 6 heteroatoms. The summed E-state index contributed by atoms with van der Waals surface area (Å²) in [5, 5.41) is 20.8. The summed E-state index contributed by atoms with van der Waals surface area (Å²) in [6.45, 7) is 1.80. The minimum Gasteiger partial charge on any atom is -0.508 e. The van der Waals surface area contributed by atoms with Crippen molar-refractivity contribution in [2.45, 2.75) is 6.92 Å². The minimum absolute atomic E-state index is 0.112. The zero-order valence-electron chi connectivity index (χ0n) is 10.6. The average molecular weight is 272 g/mol. The first kappa shape index (κ1) is 13.5. The van der Waals surface area contributed by atoms with Gasteiger partial charge in [-0.05, 0) is 37.3 Å². The van der Waals surface area contributed by atoms with Crippen LogP contribution in [0.1, 0.15) is 26.4 Å². The molecule has 1 aromatic carbocycles. The molecule has 0 unspecified atom stereocenters. The van der Waals surface area contributed by atoms with E-state index < -0.39 is 11.9 Å². The number of carbonyl (C=O) groups excluding carboxylic acids is 1. The Morgan fingerprint density at radius 3 is 2.55 bits per heavy atom. The first-order valence-electron chi connectivity index (χ1n) is 5.77.